The summed E-state index contributed by atoms with van der Waals surface area (Å²) in [5, 5.41) is 0. The Labute approximate surface area is 194 Å². The van der Waals surface area contributed by atoms with E-state index in [0.29, 0.717) is 23.0 Å². The van der Waals surface area contributed by atoms with Gasteiger partial charge in [0.1, 0.15) is 0 Å². The molecule has 178 valence electrons. The van der Waals surface area contributed by atoms with Crippen LogP contribution in [0.3, 0.4) is 0 Å². The fourth-order valence-corrected chi connectivity index (χ4v) is 9.15. The summed E-state index contributed by atoms with van der Waals surface area (Å²) < 4.78 is 6.25. The van der Waals surface area contributed by atoms with Crippen LogP contribution in [-0.4, -0.2) is 12.2 Å². The molecule has 0 heterocycles. The van der Waals surface area contributed by atoms with Crippen molar-refractivity contribution < 1.29 is 4.74 Å². The van der Waals surface area contributed by atoms with Crippen LogP contribution in [0.25, 0.3) is 0 Å². The first-order valence-corrected chi connectivity index (χ1v) is 14.0. The van der Waals surface area contributed by atoms with Gasteiger partial charge in [-0.1, -0.05) is 65.5 Å². The van der Waals surface area contributed by atoms with E-state index in [0.717, 1.165) is 35.5 Å². The highest BCUT2D eigenvalue weighted by molar-refractivity contribution is 5.25. The molecule has 1 nitrogen and oxygen atoms in total. The molecular formula is C30H52O. The van der Waals surface area contributed by atoms with Gasteiger partial charge in [0, 0.05) is 0 Å². The molecule has 0 bridgehead atoms. The van der Waals surface area contributed by atoms with Gasteiger partial charge in [0.2, 0.25) is 0 Å². The Morgan fingerprint density at radius 2 is 1.71 bits per heavy atom. The second kappa shape index (κ2) is 9.15. The molecule has 0 saturated heterocycles. The smallest absolute Gasteiger partial charge is 0.0616 e. The maximum absolute atomic E-state index is 6.25. The van der Waals surface area contributed by atoms with E-state index in [1.165, 1.54) is 70.6 Å². The van der Waals surface area contributed by atoms with E-state index in [9.17, 15) is 0 Å². The lowest BCUT2D eigenvalue weighted by atomic mass is 9.47. The highest BCUT2D eigenvalue weighted by Crippen LogP contribution is 2.67. The molecule has 0 radical (unpaired) electrons. The molecule has 0 aliphatic heterocycles. The second-order valence-electron chi connectivity index (χ2n) is 13.3. The molecule has 0 aromatic rings. The van der Waals surface area contributed by atoms with Crippen LogP contribution in [0.1, 0.15) is 119 Å². The van der Waals surface area contributed by atoms with Gasteiger partial charge >= 0.3 is 0 Å². The summed E-state index contributed by atoms with van der Waals surface area (Å²) >= 11 is 0. The van der Waals surface area contributed by atoms with Gasteiger partial charge < -0.3 is 4.74 Å². The van der Waals surface area contributed by atoms with Crippen LogP contribution in [-0.2, 0) is 4.74 Å². The van der Waals surface area contributed by atoms with E-state index in [1.807, 2.05) is 0 Å². The van der Waals surface area contributed by atoms with Crippen molar-refractivity contribution >= 4 is 0 Å². The van der Waals surface area contributed by atoms with E-state index in [4.69, 9.17) is 4.74 Å². The lowest BCUT2D eigenvalue weighted by molar-refractivity contribution is -0.0707. The summed E-state index contributed by atoms with van der Waals surface area (Å²) in [6.07, 6.45) is 19.0. The van der Waals surface area contributed by atoms with Crippen molar-refractivity contribution in [1.82, 2.24) is 0 Å². The Morgan fingerprint density at radius 3 is 2.42 bits per heavy atom. The average Bonchev–Trinajstić information content (AvgIpc) is 3.05. The normalized spacial score (nSPS) is 43.4. The van der Waals surface area contributed by atoms with Crippen molar-refractivity contribution in [2.45, 2.75) is 131 Å². The third-order valence-corrected chi connectivity index (χ3v) is 10.7. The summed E-state index contributed by atoms with van der Waals surface area (Å²) in [6.45, 7) is 17.1. The summed E-state index contributed by atoms with van der Waals surface area (Å²) in [4.78, 5) is 0. The molecule has 0 spiro atoms. The number of rotatable bonds is 7. The van der Waals surface area contributed by atoms with Gasteiger partial charge in [0.05, 0.1) is 12.2 Å². The zero-order valence-corrected chi connectivity index (χ0v) is 21.9. The minimum Gasteiger partial charge on any atom is -0.375 e. The van der Waals surface area contributed by atoms with Crippen LogP contribution in [0, 0.1) is 46.3 Å². The minimum atomic E-state index is 0.361. The summed E-state index contributed by atoms with van der Waals surface area (Å²) in [5.74, 6) is 5.60. The van der Waals surface area contributed by atoms with E-state index < -0.39 is 0 Å². The van der Waals surface area contributed by atoms with Crippen LogP contribution < -0.4 is 0 Å². The lowest BCUT2D eigenvalue weighted by Crippen LogP contribution is -2.51. The fourth-order valence-electron chi connectivity index (χ4n) is 9.15. The van der Waals surface area contributed by atoms with Crippen LogP contribution in [0.15, 0.2) is 11.6 Å². The van der Waals surface area contributed by atoms with E-state index in [-0.39, 0.29) is 0 Å². The quantitative estimate of drug-likeness (QED) is 0.368. The van der Waals surface area contributed by atoms with Gasteiger partial charge in [-0.2, -0.15) is 0 Å². The number of hydrogen-bond acceptors (Lipinski definition) is 1. The number of fused-ring (bicyclic) bond motifs is 5. The fraction of sp³-hybridized carbons (Fsp3) is 0.933. The standard InChI is InChI=1S/C30H52O/c1-20(2)9-8-10-22(5)26-13-14-27-25-12-11-23-19-24(31-21(3)4)15-17-29(23,6)28(25)16-18-30(26,27)7/h11,20-22,24-28H,8-10,12-19H2,1-7H3/t22-,24+,25+,26-,27+,28+,29+,30-/m0/s1. The van der Waals surface area contributed by atoms with E-state index in [2.05, 4.69) is 54.5 Å². The monoisotopic (exact) mass is 428 g/mol. The first-order chi connectivity index (χ1) is 14.6. The molecule has 0 unspecified atom stereocenters. The minimum absolute atomic E-state index is 0.361. The van der Waals surface area contributed by atoms with Crippen LogP contribution >= 0.6 is 0 Å². The predicted octanol–water partition coefficient (Wildman–Crippen LogP) is 8.82. The molecule has 4 rings (SSSR count). The van der Waals surface area contributed by atoms with Crippen molar-refractivity contribution in [2.24, 2.45) is 46.3 Å². The van der Waals surface area contributed by atoms with Crippen molar-refractivity contribution in [2.75, 3.05) is 0 Å². The second-order valence-corrected chi connectivity index (χ2v) is 13.3. The van der Waals surface area contributed by atoms with Gasteiger partial charge in [-0.25, -0.2) is 0 Å². The Balaban J connectivity index is 1.46. The molecule has 31 heavy (non-hydrogen) atoms. The van der Waals surface area contributed by atoms with E-state index in [1.54, 1.807) is 5.57 Å². The third kappa shape index (κ3) is 4.43. The van der Waals surface area contributed by atoms with Gasteiger partial charge in [-0.3, -0.25) is 0 Å². The Hall–Kier alpha value is -0.300. The molecule has 8 atom stereocenters. The first kappa shape index (κ1) is 23.8. The Morgan fingerprint density at radius 1 is 0.935 bits per heavy atom. The molecule has 4 aliphatic rings. The number of allylic oxidation sites excluding steroid dienone is 1. The van der Waals surface area contributed by atoms with Crippen molar-refractivity contribution in [1.29, 1.82) is 0 Å². The van der Waals surface area contributed by atoms with Crippen LogP contribution in [0.5, 0.6) is 0 Å². The zero-order chi connectivity index (χ0) is 22.4. The largest absolute Gasteiger partial charge is 0.375 e. The van der Waals surface area contributed by atoms with Crippen molar-refractivity contribution in [3.8, 4) is 0 Å². The van der Waals surface area contributed by atoms with Crippen molar-refractivity contribution in [3.63, 3.8) is 0 Å². The number of ether oxygens (including phenoxy) is 1. The molecule has 1 heteroatoms. The van der Waals surface area contributed by atoms with Crippen LogP contribution in [0.2, 0.25) is 0 Å². The molecule has 3 fully saturated rings. The lowest BCUT2D eigenvalue weighted by Gasteiger charge is -2.58. The molecule has 0 amide bonds. The van der Waals surface area contributed by atoms with Crippen LogP contribution in [0.4, 0.5) is 0 Å². The van der Waals surface area contributed by atoms with Gasteiger partial charge in [-0.15, -0.1) is 0 Å². The average molecular weight is 429 g/mol. The SMILES string of the molecule is CC(C)CCC[C@H](C)[C@@H]1CC[C@@H]2[C@H]3CC=C4C[C@H](OC(C)C)CC[C@@]4(C)[C@@H]3CC[C@]21C. The maximum atomic E-state index is 6.25. The molecule has 0 aromatic carbocycles. The molecule has 3 saturated carbocycles. The molecule has 4 aliphatic carbocycles. The van der Waals surface area contributed by atoms with Gasteiger partial charge in [-0.05, 0) is 112 Å². The summed E-state index contributed by atoms with van der Waals surface area (Å²) in [6, 6.07) is 0. The number of hydrogen-bond donors (Lipinski definition) is 0. The van der Waals surface area contributed by atoms with Gasteiger partial charge in [0.25, 0.3) is 0 Å². The zero-order valence-electron chi connectivity index (χ0n) is 21.9. The summed E-state index contributed by atoms with van der Waals surface area (Å²) in [7, 11) is 0. The predicted molar refractivity (Wildman–Crippen MR) is 133 cm³/mol. The maximum Gasteiger partial charge on any atom is 0.0616 e. The topological polar surface area (TPSA) is 9.23 Å². The molecular weight excluding hydrogens is 376 g/mol. The third-order valence-electron chi connectivity index (χ3n) is 10.7. The highest BCUT2D eigenvalue weighted by Gasteiger charge is 2.59. The van der Waals surface area contributed by atoms with Gasteiger partial charge in [0.15, 0.2) is 0 Å². The highest BCUT2D eigenvalue weighted by atomic mass is 16.5. The summed E-state index contributed by atoms with van der Waals surface area (Å²) in [5.41, 5.74) is 2.84. The van der Waals surface area contributed by atoms with E-state index >= 15 is 0 Å². The molecule has 0 N–H and O–H groups in total. The molecule has 0 aromatic heterocycles. The first-order valence-electron chi connectivity index (χ1n) is 14.0. The Kier molecular flexibility index (Phi) is 7.04. The Bertz CT molecular complexity index is 647. The van der Waals surface area contributed by atoms with Crippen molar-refractivity contribution in [3.05, 3.63) is 11.6 Å².